The second kappa shape index (κ2) is 5.55. The average molecular weight is 299 g/mol. The Hall–Kier alpha value is -1.18. The zero-order valence-corrected chi connectivity index (χ0v) is 12.6. The van der Waals surface area contributed by atoms with Gasteiger partial charge in [-0.25, -0.2) is 0 Å². The number of para-hydroxylation sites is 1. The lowest BCUT2D eigenvalue weighted by molar-refractivity contribution is -0.0505. The van der Waals surface area contributed by atoms with E-state index in [1.54, 1.807) is 18.2 Å². The van der Waals surface area contributed by atoms with E-state index in [2.05, 4.69) is 4.74 Å². The van der Waals surface area contributed by atoms with Crippen molar-refractivity contribution < 1.29 is 22.8 Å². The highest BCUT2D eigenvalue weighted by Crippen LogP contribution is 2.40. The highest BCUT2D eigenvalue weighted by atomic mass is 19.3. The lowest BCUT2D eigenvalue weighted by Gasteiger charge is -2.32. The molecule has 1 fully saturated rings. The molecule has 116 valence electrons. The third kappa shape index (κ3) is 3.20. The van der Waals surface area contributed by atoms with Gasteiger partial charge < -0.3 is 19.8 Å². The minimum atomic E-state index is -2.91. The minimum absolute atomic E-state index is 0.0368. The molecule has 0 radical (unpaired) electrons. The van der Waals surface area contributed by atoms with E-state index in [-0.39, 0.29) is 5.75 Å². The standard InChI is InChI=1S/C14H20BF2NO3/c1-13(2)14(3,4)21-15(20-13)11(18)9-7-5-6-8-10(9)19-12(16)17/h5-8,11-12H,18H2,1-4H3/t11-/m1/s1. The molecule has 2 N–H and O–H groups in total. The molecule has 1 aliphatic rings. The van der Waals surface area contributed by atoms with Crippen molar-refractivity contribution in [2.24, 2.45) is 5.73 Å². The third-order valence-corrected chi connectivity index (χ3v) is 4.06. The summed E-state index contributed by atoms with van der Waals surface area (Å²) in [5, 5.41) is 0. The summed E-state index contributed by atoms with van der Waals surface area (Å²) in [5.74, 6) is -0.685. The Morgan fingerprint density at radius 2 is 1.62 bits per heavy atom. The number of benzene rings is 1. The maximum Gasteiger partial charge on any atom is 0.480 e. The molecule has 4 nitrogen and oxygen atoms in total. The average Bonchev–Trinajstić information content (AvgIpc) is 2.57. The van der Waals surface area contributed by atoms with Crippen LogP contribution in [0, 0.1) is 0 Å². The molecule has 7 heteroatoms. The number of nitrogens with two attached hydrogens (primary N) is 1. The van der Waals surface area contributed by atoms with Gasteiger partial charge in [-0.2, -0.15) is 8.78 Å². The van der Waals surface area contributed by atoms with Crippen LogP contribution in [0.25, 0.3) is 0 Å². The first-order valence-electron chi connectivity index (χ1n) is 6.79. The van der Waals surface area contributed by atoms with Crippen LogP contribution in [0.2, 0.25) is 0 Å². The molecule has 1 aromatic rings. The number of hydrogen-bond acceptors (Lipinski definition) is 4. The zero-order valence-electron chi connectivity index (χ0n) is 12.6. The highest BCUT2D eigenvalue weighted by Gasteiger charge is 2.53. The summed E-state index contributed by atoms with van der Waals surface area (Å²) < 4.78 is 41.1. The molecule has 0 aromatic heterocycles. The lowest BCUT2D eigenvalue weighted by Crippen LogP contribution is -2.41. The maximum absolute atomic E-state index is 12.5. The van der Waals surface area contributed by atoms with E-state index in [1.165, 1.54) is 6.07 Å². The van der Waals surface area contributed by atoms with Gasteiger partial charge in [0.25, 0.3) is 0 Å². The van der Waals surface area contributed by atoms with Crippen LogP contribution in [0.3, 0.4) is 0 Å². The van der Waals surface area contributed by atoms with E-state index in [0.717, 1.165) is 0 Å². The molecular weight excluding hydrogens is 279 g/mol. The Bertz CT molecular complexity index is 495. The van der Waals surface area contributed by atoms with E-state index >= 15 is 0 Å². The Labute approximate surface area is 123 Å². The second-order valence-corrected chi connectivity index (χ2v) is 6.07. The van der Waals surface area contributed by atoms with Crippen molar-refractivity contribution in [3.8, 4) is 5.75 Å². The van der Waals surface area contributed by atoms with E-state index in [1.807, 2.05) is 27.7 Å². The van der Waals surface area contributed by atoms with E-state index in [4.69, 9.17) is 15.0 Å². The maximum atomic E-state index is 12.5. The Balaban J connectivity index is 2.24. The van der Waals surface area contributed by atoms with Crippen LogP contribution >= 0.6 is 0 Å². The summed E-state index contributed by atoms with van der Waals surface area (Å²) in [6, 6.07) is 6.40. The summed E-state index contributed by atoms with van der Waals surface area (Å²) in [5.41, 5.74) is 5.50. The van der Waals surface area contributed by atoms with Crippen LogP contribution in [0.5, 0.6) is 5.75 Å². The quantitative estimate of drug-likeness (QED) is 0.869. The molecule has 1 atom stereocenters. The van der Waals surface area contributed by atoms with Crippen molar-refractivity contribution in [3.63, 3.8) is 0 Å². The van der Waals surface area contributed by atoms with Crippen molar-refractivity contribution >= 4 is 7.12 Å². The Morgan fingerprint density at radius 1 is 1.10 bits per heavy atom. The fourth-order valence-electron chi connectivity index (χ4n) is 2.14. The monoisotopic (exact) mass is 299 g/mol. The summed E-state index contributed by atoms with van der Waals surface area (Å²) >= 11 is 0. The molecule has 0 aliphatic carbocycles. The van der Waals surface area contributed by atoms with Gasteiger partial charge in [-0.1, -0.05) is 18.2 Å². The van der Waals surface area contributed by atoms with Gasteiger partial charge in [0.2, 0.25) is 0 Å². The van der Waals surface area contributed by atoms with Crippen LogP contribution in [-0.4, -0.2) is 24.9 Å². The number of hydrogen-bond donors (Lipinski definition) is 1. The molecule has 1 aromatic carbocycles. The predicted molar refractivity (Wildman–Crippen MR) is 76.1 cm³/mol. The molecular formula is C14H20BF2NO3. The van der Waals surface area contributed by atoms with Crippen molar-refractivity contribution in [2.75, 3.05) is 0 Å². The smallest absolute Gasteiger partial charge is 0.435 e. The van der Waals surface area contributed by atoms with E-state index in [9.17, 15) is 8.78 Å². The number of rotatable bonds is 4. The fraction of sp³-hybridized carbons (Fsp3) is 0.571. The van der Waals surface area contributed by atoms with Crippen LogP contribution in [-0.2, 0) is 9.31 Å². The molecule has 0 unspecified atom stereocenters. The predicted octanol–water partition coefficient (Wildman–Crippen LogP) is 2.92. The van der Waals surface area contributed by atoms with Crippen LogP contribution in [0.4, 0.5) is 8.78 Å². The number of halogens is 2. The molecule has 0 bridgehead atoms. The van der Waals surface area contributed by atoms with Crippen molar-refractivity contribution in [3.05, 3.63) is 29.8 Å². The SMILES string of the molecule is CC1(C)OB([C@H](N)c2ccccc2OC(F)F)OC1(C)C. The first-order chi connectivity index (χ1) is 9.64. The number of ether oxygens (including phenoxy) is 1. The third-order valence-electron chi connectivity index (χ3n) is 4.06. The summed E-state index contributed by atoms with van der Waals surface area (Å²) in [6.45, 7) is 4.71. The van der Waals surface area contributed by atoms with Gasteiger partial charge in [-0.3, -0.25) is 0 Å². The fourth-order valence-corrected chi connectivity index (χ4v) is 2.14. The van der Waals surface area contributed by atoms with Gasteiger partial charge in [0.05, 0.1) is 17.1 Å². The second-order valence-electron chi connectivity index (χ2n) is 6.07. The molecule has 1 aliphatic heterocycles. The van der Waals surface area contributed by atoms with Crippen molar-refractivity contribution in [1.82, 2.24) is 0 Å². The highest BCUT2D eigenvalue weighted by molar-refractivity contribution is 6.47. The largest absolute Gasteiger partial charge is 0.480 e. The molecule has 1 saturated heterocycles. The van der Waals surface area contributed by atoms with Gasteiger partial charge in [0.1, 0.15) is 5.75 Å². The van der Waals surface area contributed by atoms with Crippen molar-refractivity contribution in [1.29, 1.82) is 0 Å². The molecule has 0 saturated carbocycles. The van der Waals surface area contributed by atoms with Gasteiger partial charge in [0.15, 0.2) is 0 Å². The van der Waals surface area contributed by atoms with Crippen LogP contribution in [0.15, 0.2) is 24.3 Å². The van der Waals surface area contributed by atoms with E-state index in [0.29, 0.717) is 5.56 Å². The summed E-state index contributed by atoms with van der Waals surface area (Å²) in [7, 11) is -0.725. The summed E-state index contributed by atoms with van der Waals surface area (Å²) in [6.07, 6.45) is 0. The van der Waals surface area contributed by atoms with Gasteiger partial charge in [0, 0.05) is 5.56 Å². The Kier molecular flexibility index (Phi) is 4.28. The molecule has 2 rings (SSSR count). The normalized spacial score (nSPS) is 21.6. The van der Waals surface area contributed by atoms with E-state index < -0.39 is 30.9 Å². The van der Waals surface area contributed by atoms with Crippen LogP contribution in [0.1, 0.15) is 39.2 Å². The van der Waals surface area contributed by atoms with Crippen molar-refractivity contribution in [2.45, 2.75) is 51.4 Å². The van der Waals surface area contributed by atoms with Gasteiger partial charge >= 0.3 is 13.7 Å². The van der Waals surface area contributed by atoms with Gasteiger partial charge in [-0.15, -0.1) is 0 Å². The molecule has 21 heavy (non-hydrogen) atoms. The topological polar surface area (TPSA) is 53.7 Å². The van der Waals surface area contributed by atoms with Crippen LogP contribution < -0.4 is 10.5 Å². The minimum Gasteiger partial charge on any atom is -0.435 e. The lowest BCUT2D eigenvalue weighted by atomic mass is 9.74. The van der Waals surface area contributed by atoms with Gasteiger partial charge in [-0.05, 0) is 33.8 Å². The number of alkyl halides is 2. The Morgan fingerprint density at radius 3 is 2.14 bits per heavy atom. The molecule has 0 spiro atoms. The first-order valence-corrected chi connectivity index (χ1v) is 6.79. The molecule has 0 amide bonds. The summed E-state index contributed by atoms with van der Waals surface area (Å²) in [4.78, 5) is 0. The first kappa shape index (κ1) is 16.2. The zero-order chi connectivity index (χ0) is 15.8. The molecule has 1 heterocycles.